The monoisotopic (exact) mass is 175 g/mol. The van der Waals surface area contributed by atoms with Crippen LogP contribution in [0, 0.1) is 6.92 Å². The largest absolute Gasteiger partial charge is 0.330 e. The molecule has 0 unspecified atom stereocenters. The second-order valence-electron chi connectivity index (χ2n) is 3.96. The van der Waals surface area contributed by atoms with Gasteiger partial charge in [-0.15, -0.1) is 0 Å². The Morgan fingerprint density at radius 1 is 1.38 bits per heavy atom. The summed E-state index contributed by atoms with van der Waals surface area (Å²) in [4.78, 5) is 0. The van der Waals surface area contributed by atoms with Crippen molar-refractivity contribution in [2.24, 2.45) is 5.73 Å². The first-order chi connectivity index (χ1) is 6.33. The molecule has 0 radical (unpaired) electrons. The molecule has 2 N–H and O–H groups in total. The van der Waals surface area contributed by atoms with E-state index in [1.807, 2.05) is 0 Å². The van der Waals surface area contributed by atoms with E-state index in [-0.39, 0.29) is 0 Å². The summed E-state index contributed by atoms with van der Waals surface area (Å²) in [5, 5.41) is 0. The highest BCUT2D eigenvalue weighted by Crippen LogP contribution is 2.42. The van der Waals surface area contributed by atoms with E-state index in [4.69, 9.17) is 5.73 Å². The molecule has 70 valence electrons. The minimum absolute atomic E-state index is 0.768. The van der Waals surface area contributed by atoms with Crippen LogP contribution in [0.25, 0.3) is 0 Å². The van der Waals surface area contributed by atoms with Crippen molar-refractivity contribution in [2.75, 3.05) is 6.54 Å². The van der Waals surface area contributed by atoms with Crippen molar-refractivity contribution in [3.05, 3.63) is 34.9 Å². The predicted molar refractivity (Wildman–Crippen MR) is 55.9 cm³/mol. The first kappa shape index (κ1) is 8.76. The summed E-state index contributed by atoms with van der Waals surface area (Å²) in [6, 6.07) is 6.63. The van der Waals surface area contributed by atoms with E-state index in [9.17, 15) is 0 Å². The molecule has 0 aliphatic heterocycles. The van der Waals surface area contributed by atoms with Gasteiger partial charge < -0.3 is 5.73 Å². The van der Waals surface area contributed by atoms with Crippen molar-refractivity contribution in [3.8, 4) is 0 Å². The Balaban J connectivity index is 2.35. The lowest BCUT2D eigenvalue weighted by molar-refractivity contribution is 0.924. The van der Waals surface area contributed by atoms with Gasteiger partial charge in [0.1, 0.15) is 0 Å². The third-order valence-corrected chi connectivity index (χ3v) is 2.86. The Bertz CT molecular complexity index is 300. The van der Waals surface area contributed by atoms with Crippen molar-refractivity contribution in [3.63, 3.8) is 0 Å². The zero-order chi connectivity index (χ0) is 9.26. The van der Waals surface area contributed by atoms with Crippen LogP contribution in [0.1, 0.15) is 35.4 Å². The van der Waals surface area contributed by atoms with Gasteiger partial charge in [0.05, 0.1) is 0 Å². The molecular weight excluding hydrogens is 158 g/mol. The van der Waals surface area contributed by atoms with Gasteiger partial charge >= 0.3 is 0 Å². The van der Waals surface area contributed by atoms with E-state index < -0.39 is 0 Å². The normalized spacial score (nSPS) is 16.2. The lowest BCUT2D eigenvalue weighted by Gasteiger charge is -2.10. The van der Waals surface area contributed by atoms with Crippen molar-refractivity contribution in [1.29, 1.82) is 0 Å². The number of aryl methyl sites for hydroxylation is 1. The molecule has 1 heteroatoms. The highest BCUT2D eigenvalue weighted by molar-refractivity contribution is 5.39. The zero-order valence-electron chi connectivity index (χ0n) is 8.22. The average molecular weight is 175 g/mol. The molecule has 0 atom stereocenters. The Morgan fingerprint density at radius 2 is 2.15 bits per heavy atom. The topological polar surface area (TPSA) is 26.0 Å². The summed E-state index contributed by atoms with van der Waals surface area (Å²) in [6.07, 6.45) is 3.79. The summed E-state index contributed by atoms with van der Waals surface area (Å²) in [7, 11) is 0. The predicted octanol–water partition coefficient (Wildman–Crippen LogP) is 2.37. The standard InChI is InChI=1S/C12H17N/c1-9-3-2-4-12(10-5-6-10)11(9)7-8-13/h2-4,10H,5-8,13H2,1H3. The fourth-order valence-electron chi connectivity index (χ4n) is 1.99. The van der Waals surface area contributed by atoms with Gasteiger partial charge in [-0.3, -0.25) is 0 Å². The Morgan fingerprint density at radius 3 is 2.77 bits per heavy atom. The molecule has 1 aromatic carbocycles. The first-order valence-corrected chi connectivity index (χ1v) is 5.11. The molecule has 0 spiro atoms. The lowest BCUT2D eigenvalue weighted by Crippen LogP contribution is -2.06. The maximum atomic E-state index is 5.62. The van der Waals surface area contributed by atoms with E-state index in [1.54, 1.807) is 5.56 Å². The first-order valence-electron chi connectivity index (χ1n) is 5.11. The van der Waals surface area contributed by atoms with Gasteiger partial charge in [0.15, 0.2) is 0 Å². The molecule has 13 heavy (non-hydrogen) atoms. The van der Waals surface area contributed by atoms with Crippen molar-refractivity contribution < 1.29 is 0 Å². The van der Waals surface area contributed by atoms with E-state index in [1.165, 1.54) is 24.0 Å². The minimum Gasteiger partial charge on any atom is -0.330 e. The molecule has 0 aromatic heterocycles. The van der Waals surface area contributed by atoms with Crippen LogP contribution in [-0.4, -0.2) is 6.54 Å². The highest BCUT2D eigenvalue weighted by Gasteiger charge is 2.25. The molecule has 1 aromatic rings. The van der Waals surface area contributed by atoms with Gasteiger partial charge in [0, 0.05) is 0 Å². The van der Waals surface area contributed by atoms with E-state index in [0.717, 1.165) is 18.9 Å². The average Bonchev–Trinajstić information content (AvgIpc) is 2.92. The van der Waals surface area contributed by atoms with E-state index in [0.29, 0.717) is 0 Å². The molecule has 2 rings (SSSR count). The maximum absolute atomic E-state index is 5.62. The number of rotatable bonds is 3. The van der Waals surface area contributed by atoms with Gasteiger partial charge in [0.2, 0.25) is 0 Å². The van der Waals surface area contributed by atoms with Crippen LogP contribution in [-0.2, 0) is 6.42 Å². The van der Waals surface area contributed by atoms with Crippen LogP contribution in [0.4, 0.5) is 0 Å². The third kappa shape index (κ3) is 1.75. The smallest absolute Gasteiger partial charge is 0.00365 e. The lowest BCUT2D eigenvalue weighted by atomic mass is 9.96. The van der Waals surface area contributed by atoms with Crippen molar-refractivity contribution >= 4 is 0 Å². The zero-order valence-corrected chi connectivity index (χ0v) is 8.22. The van der Waals surface area contributed by atoms with Gasteiger partial charge in [-0.25, -0.2) is 0 Å². The summed E-state index contributed by atoms with van der Waals surface area (Å²) in [6.45, 7) is 2.96. The molecule has 1 nitrogen and oxygen atoms in total. The van der Waals surface area contributed by atoms with Crippen LogP contribution >= 0.6 is 0 Å². The summed E-state index contributed by atoms with van der Waals surface area (Å²) in [5.41, 5.74) is 10.1. The SMILES string of the molecule is Cc1cccc(C2CC2)c1CCN. The molecule has 0 heterocycles. The van der Waals surface area contributed by atoms with Gasteiger partial charge in [-0.1, -0.05) is 18.2 Å². The Hall–Kier alpha value is -0.820. The summed E-state index contributed by atoms with van der Waals surface area (Å²) >= 11 is 0. The van der Waals surface area contributed by atoms with Gasteiger partial charge in [-0.2, -0.15) is 0 Å². The number of nitrogens with two attached hydrogens (primary N) is 1. The molecule has 1 aliphatic carbocycles. The molecular formula is C12H17N. The molecule has 1 aliphatic rings. The van der Waals surface area contributed by atoms with E-state index >= 15 is 0 Å². The quantitative estimate of drug-likeness (QED) is 0.750. The minimum atomic E-state index is 0.768. The van der Waals surface area contributed by atoms with Crippen LogP contribution in [0.5, 0.6) is 0 Å². The van der Waals surface area contributed by atoms with Gasteiger partial charge in [-0.05, 0) is 55.3 Å². The molecule has 0 bridgehead atoms. The van der Waals surface area contributed by atoms with Crippen LogP contribution in [0.15, 0.2) is 18.2 Å². The Labute approximate surface area is 80.0 Å². The maximum Gasteiger partial charge on any atom is -0.00365 e. The third-order valence-electron chi connectivity index (χ3n) is 2.86. The fourth-order valence-corrected chi connectivity index (χ4v) is 1.99. The van der Waals surface area contributed by atoms with Crippen LogP contribution < -0.4 is 5.73 Å². The number of hydrogen-bond donors (Lipinski definition) is 1. The Kier molecular flexibility index (Phi) is 2.36. The van der Waals surface area contributed by atoms with Crippen molar-refractivity contribution in [2.45, 2.75) is 32.1 Å². The van der Waals surface area contributed by atoms with E-state index in [2.05, 4.69) is 25.1 Å². The number of benzene rings is 1. The second-order valence-corrected chi connectivity index (χ2v) is 3.96. The summed E-state index contributed by atoms with van der Waals surface area (Å²) in [5.74, 6) is 0.849. The highest BCUT2D eigenvalue weighted by atomic mass is 14.5. The second kappa shape index (κ2) is 3.51. The molecule has 1 saturated carbocycles. The summed E-state index contributed by atoms with van der Waals surface area (Å²) < 4.78 is 0. The molecule has 0 amide bonds. The molecule has 1 fully saturated rings. The molecule has 0 saturated heterocycles. The van der Waals surface area contributed by atoms with Crippen molar-refractivity contribution in [1.82, 2.24) is 0 Å². The van der Waals surface area contributed by atoms with Gasteiger partial charge in [0.25, 0.3) is 0 Å². The number of hydrogen-bond acceptors (Lipinski definition) is 1. The van der Waals surface area contributed by atoms with Crippen LogP contribution in [0.3, 0.4) is 0 Å². The fraction of sp³-hybridized carbons (Fsp3) is 0.500. The van der Waals surface area contributed by atoms with Crippen LogP contribution in [0.2, 0.25) is 0 Å².